The molecule has 1 amide bonds. The fourth-order valence-corrected chi connectivity index (χ4v) is 3.31. The van der Waals surface area contributed by atoms with Crippen LogP contribution in [0.4, 0.5) is 4.39 Å². The number of carbonyl (C=O) groups excluding carboxylic acids is 1. The molecule has 27 heavy (non-hydrogen) atoms. The molecule has 10 heteroatoms. The Morgan fingerprint density at radius 2 is 2.26 bits per heavy atom. The minimum atomic E-state index is -0.545. The minimum Gasteiger partial charge on any atom is -0.339 e. The van der Waals surface area contributed by atoms with E-state index < -0.39 is 5.82 Å². The molecule has 3 heterocycles. The first-order valence-electron chi connectivity index (χ1n) is 8.48. The van der Waals surface area contributed by atoms with Crippen molar-refractivity contribution in [1.29, 1.82) is 0 Å². The number of likely N-dealkylation sites (tertiary alicyclic amines) is 1. The highest BCUT2D eigenvalue weighted by Gasteiger charge is 2.27. The Morgan fingerprint density at radius 1 is 1.41 bits per heavy atom. The molecule has 2 aromatic heterocycles. The van der Waals surface area contributed by atoms with Crippen LogP contribution < -0.4 is 0 Å². The van der Waals surface area contributed by atoms with Crippen molar-refractivity contribution < 1.29 is 13.7 Å². The summed E-state index contributed by atoms with van der Waals surface area (Å²) in [4.78, 5) is 18.6. The van der Waals surface area contributed by atoms with E-state index in [9.17, 15) is 9.18 Å². The topological polar surface area (TPSA) is 89.9 Å². The van der Waals surface area contributed by atoms with Crippen LogP contribution in [-0.2, 0) is 0 Å². The second-order valence-corrected chi connectivity index (χ2v) is 6.80. The Balaban J connectivity index is 1.50. The van der Waals surface area contributed by atoms with Crippen molar-refractivity contribution in [2.75, 3.05) is 13.1 Å². The first-order chi connectivity index (χ1) is 13.0. The molecule has 4 rings (SSSR count). The average Bonchev–Trinajstić information content (AvgIpc) is 3.32. The summed E-state index contributed by atoms with van der Waals surface area (Å²) in [5, 5.41) is 12.0. The minimum absolute atomic E-state index is 0.0205. The third kappa shape index (κ3) is 3.55. The monoisotopic (exact) mass is 390 g/mol. The molecule has 1 aliphatic rings. The highest BCUT2D eigenvalue weighted by Crippen LogP contribution is 2.25. The number of piperidine rings is 1. The van der Waals surface area contributed by atoms with Crippen molar-refractivity contribution in [2.45, 2.75) is 25.8 Å². The number of rotatable bonds is 3. The standard InChI is InChI=1S/C17H16ClFN6O2/c1-10-20-16(22-27-10)15-9-25(23-21-15)12-3-2-6-24(8-12)17(26)11-4-5-14(19)13(18)7-11/h4-5,7,9,12H,2-3,6,8H2,1H3. The molecule has 140 valence electrons. The highest BCUT2D eigenvalue weighted by molar-refractivity contribution is 6.31. The molecule has 0 radical (unpaired) electrons. The second-order valence-electron chi connectivity index (χ2n) is 6.40. The maximum Gasteiger partial charge on any atom is 0.253 e. The van der Waals surface area contributed by atoms with Crippen LogP contribution in [0.5, 0.6) is 0 Å². The molecule has 0 saturated carbocycles. The van der Waals surface area contributed by atoms with Crippen LogP contribution in [0, 0.1) is 12.7 Å². The van der Waals surface area contributed by atoms with Gasteiger partial charge in [0.25, 0.3) is 5.91 Å². The van der Waals surface area contributed by atoms with E-state index in [-0.39, 0.29) is 17.0 Å². The van der Waals surface area contributed by atoms with Gasteiger partial charge in [-0.1, -0.05) is 22.0 Å². The lowest BCUT2D eigenvalue weighted by atomic mass is 10.0. The van der Waals surface area contributed by atoms with E-state index >= 15 is 0 Å². The van der Waals surface area contributed by atoms with Gasteiger partial charge in [-0.2, -0.15) is 4.98 Å². The van der Waals surface area contributed by atoms with Gasteiger partial charge in [0, 0.05) is 25.6 Å². The third-order valence-corrected chi connectivity index (χ3v) is 4.78. The molecule has 1 aliphatic heterocycles. The largest absolute Gasteiger partial charge is 0.339 e. The van der Waals surface area contributed by atoms with Crippen LogP contribution in [0.2, 0.25) is 5.02 Å². The van der Waals surface area contributed by atoms with Gasteiger partial charge in [0.05, 0.1) is 17.3 Å². The zero-order valence-electron chi connectivity index (χ0n) is 14.5. The smallest absolute Gasteiger partial charge is 0.253 e. The summed E-state index contributed by atoms with van der Waals surface area (Å²) in [5.74, 6) is 0.0997. The number of nitrogens with zero attached hydrogens (tertiary/aromatic N) is 6. The first kappa shape index (κ1) is 17.6. The zero-order valence-corrected chi connectivity index (χ0v) is 15.2. The predicted octanol–water partition coefficient (Wildman–Crippen LogP) is 2.91. The van der Waals surface area contributed by atoms with E-state index in [4.69, 9.17) is 16.1 Å². The summed E-state index contributed by atoms with van der Waals surface area (Å²) in [5.41, 5.74) is 0.879. The Labute approximate surface area is 158 Å². The predicted molar refractivity (Wildman–Crippen MR) is 93.6 cm³/mol. The molecule has 1 fully saturated rings. The number of amides is 1. The van der Waals surface area contributed by atoms with E-state index in [0.29, 0.717) is 36.1 Å². The Bertz CT molecular complexity index is 987. The van der Waals surface area contributed by atoms with Gasteiger partial charge in [-0.25, -0.2) is 9.07 Å². The number of carbonyl (C=O) groups is 1. The SMILES string of the molecule is Cc1nc(-c2cn(C3CCCN(C(=O)c4ccc(F)c(Cl)c4)C3)nn2)no1. The van der Waals surface area contributed by atoms with Crippen molar-refractivity contribution in [1.82, 2.24) is 30.0 Å². The molecule has 0 spiro atoms. The number of aryl methyl sites for hydroxylation is 1. The van der Waals surface area contributed by atoms with Crippen LogP contribution in [0.25, 0.3) is 11.5 Å². The fourth-order valence-electron chi connectivity index (χ4n) is 3.13. The number of halogens is 2. The first-order valence-corrected chi connectivity index (χ1v) is 8.86. The second kappa shape index (κ2) is 7.07. The quantitative estimate of drug-likeness (QED) is 0.683. The summed E-state index contributed by atoms with van der Waals surface area (Å²) in [7, 11) is 0. The van der Waals surface area contributed by atoms with Crippen molar-refractivity contribution >= 4 is 17.5 Å². The van der Waals surface area contributed by atoms with Gasteiger partial charge in [-0.3, -0.25) is 4.79 Å². The summed E-state index contributed by atoms with van der Waals surface area (Å²) in [6, 6.07) is 3.98. The van der Waals surface area contributed by atoms with Crippen LogP contribution in [0.1, 0.15) is 35.1 Å². The molecule has 1 aromatic carbocycles. The Morgan fingerprint density at radius 3 is 3.00 bits per heavy atom. The molecule has 0 bridgehead atoms. The summed E-state index contributed by atoms with van der Waals surface area (Å²) in [6.45, 7) is 2.80. The lowest BCUT2D eigenvalue weighted by Crippen LogP contribution is -2.40. The van der Waals surface area contributed by atoms with Gasteiger partial charge < -0.3 is 9.42 Å². The molecule has 8 nitrogen and oxygen atoms in total. The van der Waals surface area contributed by atoms with Crippen molar-refractivity contribution in [3.05, 3.63) is 46.7 Å². The summed E-state index contributed by atoms with van der Waals surface area (Å²) in [6.07, 6.45) is 3.43. The van der Waals surface area contributed by atoms with E-state index in [0.717, 1.165) is 12.8 Å². The average molecular weight is 391 g/mol. The molecule has 3 aromatic rings. The number of hydrogen-bond acceptors (Lipinski definition) is 6. The number of aromatic nitrogens is 5. The molecule has 0 N–H and O–H groups in total. The molecular weight excluding hydrogens is 375 g/mol. The van der Waals surface area contributed by atoms with Gasteiger partial charge >= 0.3 is 0 Å². The highest BCUT2D eigenvalue weighted by atomic mass is 35.5. The molecular formula is C17H16ClFN6O2. The van der Waals surface area contributed by atoms with Crippen molar-refractivity contribution in [3.63, 3.8) is 0 Å². The molecule has 1 atom stereocenters. The number of benzene rings is 1. The molecule has 1 unspecified atom stereocenters. The molecule has 0 aliphatic carbocycles. The summed E-state index contributed by atoms with van der Waals surface area (Å²) >= 11 is 5.80. The van der Waals surface area contributed by atoms with E-state index in [1.165, 1.54) is 18.2 Å². The van der Waals surface area contributed by atoms with Gasteiger partial charge in [0.1, 0.15) is 5.82 Å². The lowest BCUT2D eigenvalue weighted by Gasteiger charge is -2.32. The maximum atomic E-state index is 13.3. The van der Waals surface area contributed by atoms with Crippen LogP contribution in [-0.4, -0.2) is 49.0 Å². The van der Waals surface area contributed by atoms with Crippen molar-refractivity contribution in [2.24, 2.45) is 0 Å². The van der Waals surface area contributed by atoms with Gasteiger partial charge in [-0.15, -0.1) is 5.10 Å². The van der Waals surface area contributed by atoms with Crippen LogP contribution >= 0.6 is 11.6 Å². The van der Waals surface area contributed by atoms with E-state index in [2.05, 4.69) is 20.5 Å². The molecule has 1 saturated heterocycles. The van der Waals surface area contributed by atoms with Crippen LogP contribution in [0.15, 0.2) is 28.9 Å². The fraction of sp³-hybridized carbons (Fsp3) is 0.353. The van der Waals surface area contributed by atoms with Gasteiger partial charge in [0.15, 0.2) is 5.69 Å². The normalized spacial score (nSPS) is 17.3. The van der Waals surface area contributed by atoms with E-state index in [1.54, 1.807) is 22.7 Å². The summed E-state index contributed by atoms with van der Waals surface area (Å²) < 4.78 is 20.0. The van der Waals surface area contributed by atoms with Gasteiger partial charge in [-0.05, 0) is 31.0 Å². The maximum absolute atomic E-state index is 13.3. The van der Waals surface area contributed by atoms with Crippen LogP contribution in [0.3, 0.4) is 0 Å². The van der Waals surface area contributed by atoms with Gasteiger partial charge in [0.2, 0.25) is 11.7 Å². The zero-order chi connectivity index (χ0) is 19.0. The van der Waals surface area contributed by atoms with Crippen molar-refractivity contribution in [3.8, 4) is 11.5 Å². The lowest BCUT2D eigenvalue weighted by molar-refractivity contribution is 0.0672. The van der Waals surface area contributed by atoms with E-state index in [1.807, 2.05) is 0 Å². The Hall–Kier alpha value is -2.81. The third-order valence-electron chi connectivity index (χ3n) is 4.49. The number of hydrogen-bond donors (Lipinski definition) is 0. The Kier molecular flexibility index (Phi) is 4.61.